The van der Waals surface area contributed by atoms with Crippen molar-refractivity contribution in [3.63, 3.8) is 0 Å². The van der Waals surface area contributed by atoms with E-state index < -0.39 is 10.0 Å². The molecule has 1 saturated heterocycles. The molecule has 1 fully saturated rings. The first-order valence-corrected chi connectivity index (χ1v) is 9.77. The van der Waals surface area contributed by atoms with Gasteiger partial charge in [0.05, 0.1) is 0 Å². The molecule has 1 aliphatic heterocycles. The van der Waals surface area contributed by atoms with E-state index in [1.165, 1.54) is 11.3 Å². The summed E-state index contributed by atoms with van der Waals surface area (Å²) >= 11 is 1.27. The second-order valence-corrected chi connectivity index (χ2v) is 8.74. The molecule has 0 radical (unpaired) electrons. The van der Waals surface area contributed by atoms with E-state index in [9.17, 15) is 8.42 Å². The summed E-state index contributed by atoms with van der Waals surface area (Å²) in [5, 5.41) is 0. The lowest BCUT2D eigenvalue weighted by molar-refractivity contribution is 0.194. The second kappa shape index (κ2) is 7.19. The largest absolute Gasteiger partial charge is 0.326 e. The van der Waals surface area contributed by atoms with Crippen LogP contribution >= 0.6 is 11.3 Å². The fraction of sp³-hybridized carbons (Fsp3) is 0.714. The standard InChI is InChI=1S/C14H25N3O2S2/c1-3-17-6-4-12(5-7-17)10-16-21(18,19)14-8-11(2)13(9-15)20-14/h8,12,16H,3-7,9-10,15H2,1-2H3. The van der Waals surface area contributed by atoms with E-state index in [-0.39, 0.29) is 0 Å². The molecule has 0 unspecified atom stereocenters. The number of thiophene rings is 1. The maximum absolute atomic E-state index is 12.3. The van der Waals surface area contributed by atoms with Crippen molar-refractivity contribution >= 4 is 21.4 Å². The van der Waals surface area contributed by atoms with Crippen LogP contribution in [0, 0.1) is 12.8 Å². The number of sulfonamides is 1. The monoisotopic (exact) mass is 331 g/mol. The topological polar surface area (TPSA) is 75.4 Å². The summed E-state index contributed by atoms with van der Waals surface area (Å²) in [4.78, 5) is 3.34. The SMILES string of the molecule is CCN1CCC(CNS(=O)(=O)c2cc(C)c(CN)s2)CC1. The van der Waals surface area contributed by atoms with Crippen LogP contribution in [0.3, 0.4) is 0 Å². The number of aryl methyl sites for hydroxylation is 1. The molecule has 0 atom stereocenters. The van der Waals surface area contributed by atoms with E-state index in [0.29, 0.717) is 23.2 Å². The van der Waals surface area contributed by atoms with Gasteiger partial charge in [0.1, 0.15) is 4.21 Å². The first-order valence-electron chi connectivity index (χ1n) is 7.47. The molecule has 5 nitrogen and oxygen atoms in total. The lowest BCUT2D eigenvalue weighted by Crippen LogP contribution is -2.38. The molecule has 0 aromatic carbocycles. The van der Waals surface area contributed by atoms with Crippen molar-refractivity contribution in [1.82, 2.24) is 9.62 Å². The Kier molecular flexibility index (Phi) is 5.79. The first-order chi connectivity index (χ1) is 9.96. The Balaban J connectivity index is 1.92. The van der Waals surface area contributed by atoms with Crippen molar-refractivity contribution in [2.24, 2.45) is 11.7 Å². The highest BCUT2D eigenvalue weighted by Crippen LogP contribution is 2.26. The highest BCUT2D eigenvalue weighted by atomic mass is 32.2. The van der Waals surface area contributed by atoms with E-state index in [1.54, 1.807) is 6.07 Å². The number of hydrogen-bond acceptors (Lipinski definition) is 5. The van der Waals surface area contributed by atoms with Gasteiger partial charge in [-0.25, -0.2) is 13.1 Å². The van der Waals surface area contributed by atoms with Crippen LogP contribution in [0.15, 0.2) is 10.3 Å². The van der Waals surface area contributed by atoms with Gasteiger partial charge in [0.2, 0.25) is 10.0 Å². The summed E-state index contributed by atoms with van der Waals surface area (Å²) in [7, 11) is -3.39. The Hall–Kier alpha value is -0.470. The van der Waals surface area contributed by atoms with Crippen molar-refractivity contribution < 1.29 is 8.42 Å². The fourth-order valence-corrected chi connectivity index (χ4v) is 5.26. The predicted octanol–water partition coefficient (Wildman–Crippen LogP) is 1.53. The highest BCUT2D eigenvalue weighted by molar-refractivity contribution is 7.91. The molecule has 7 heteroatoms. The zero-order valence-electron chi connectivity index (χ0n) is 12.8. The van der Waals surface area contributed by atoms with Crippen molar-refractivity contribution in [2.75, 3.05) is 26.2 Å². The number of rotatable bonds is 6. The van der Waals surface area contributed by atoms with E-state index >= 15 is 0 Å². The van der Waals surface area contributed by atoms with Crippen LogP contribution in [0.25, 0.3) is 0 Å². The predicted molar refractivity (Wildman–Crippen MR) is 87.0 cm³/mol. The molecule has 2 rings (SSSR count). The Bertz CT molecular complexity index is 561. The number of likely N-dealkylation sites (tertiary alicyclic amines) is 1. The summed E-state index contributed by atoms with van der Waals surface area (Å²) in [5.74, 6) is 0.442. The van der Waals surface area contributed by atoms with Crippen molar-refractivity contribution in [3.05, 3.63) is 16.5 Å². The molecule has 1 aromatic rings. The van der Waals surface area contributed by atoms with Gasteiger partial charge >= 0.3 is 0 Å². The van der Waals surface area contributed by atoms with Crippen LogP contribution in [-0.2, 0) is 16.6 Å². The molecule has 2 heterocycles. The van der Waals surface area contributed by atoms with Crippen LogP contribution in [0.5, 0.6) is 0 Å². The Morgan fingerprint density at radius 2 is 2.10 bits per heavy atom. The Morgan fingerprint density at radius 1 is 1.43 bits per heavy atom. The molecule has 0 saturated carbocycles. The van der Waals surface area contributed by atoms with Crippen molar-refractivity contribution in [3.8, 4) is 0 Å². The Morgan fingerprint density at radius 3 is 2.62 bits per heavy atom. The minimum absolute atomic E-state index is 0.381. The lowest BCUT2D eigenvalue weighted by Gasteiger charge is -2.30. The summed E-state index contributed by atoms with van der Waals surface area (Å²) < 4.78 is 27.8. The molecular formula is C14H25N3O2S2. The third kappa shape index (κ3) is 4.26. The number of nitrogens with one attached hydrogen (secondary N) is 1. The number of nitrogens with two attached hydrogens (primary N) is 1. The molecule has 0 amide bonds. The molecule has 120 valence electrons. The third-order valence-electron chi connectivity index (χ3n) is 4.16. The molecule has 21 heavy (non-hydrogen) atoms. The fourth-order valence-electron chi connectivity index (χ4n) is 2.63. The van der Waals surface area contributed by atoms with Gasteiger partial charge in [0.15, 0.2) is 0 Å². The van der Waals surface area contributed by atoms with Gasteiger partial charge in [-0.15, -0.1) is 11.3 Å². The van der Waals surface area contributed by atoms with E-state index in [2.05, 4.69) is 16.5 Å². The van der Waals surface area contributed by atoms with Crippen LogP contribution in [-0.4, -0.2) is 39.5 Å². The summed E-state index contributed by atoms with van der Waals surface area (Å²) in [6, 6.07) is 1.72. The average Bonchev–Trinajstić information content (AvgIpc) is 2.88. The van der Waals surface area contributed by atoms with Gasteiger partial charge in [-0.05, 0) is 56.9 Å². The van der Waals surface area contributed by atoms with Crippen LogP contribution in [0.4, 0.5) is 0 Å². The smallest absolute Gasteiger partial charge is 0.250 e. The third-order valence-corrected chi connectivity index (χ3v) is 7.32. The summed E-state index contributed by atoms with van der Waals surface area (Å²) in [5.41, 5.74) is 6.57. The minimum Gasteiger partial charge on any atom is -0.326 e. The van der Waals surface area contributed by atoms with E-state index in [0.717, 1.165) is 42.9 Å². The summed E-state index contributed by atoms with van der Waals surface area (Å²) in [6.45, 7) is 8.21. The zero-order chi connectivity index (χ0) is 15.5. The molecule has 0 bridgehead atoms. The Labute approximate surface area is 131 Å². The molecule has 3 N–H and O–H groups in total. The quantitative estimate of drug-likeness (QED) is 0.829. The highest BCUT2D eigenvalue weighted by Gasteiger charge is 2.22. The van der Waals surface area contributed by atoms with Gasteiger partial charge in [0.25, 0.3) is 0 Å². The van der Waals surface area contributed by atoms with Crippen LogP contribution < -0.4 is 10.5 Å². The lowest BCUT2D eigenvalue weighted by atomic mass is 9.97. The number of piperidine rings is 1. The maximum Gasteiger partial charge on any atom is 0.250 e. The van der Waals surface area contributed by atoms with Crippen molar-refractivity contribution in [1.29, 1.82) is 0 Å². The van der Waals surface area contributed by atoms with E-state index in [1.807, 2.05) is 6.92 Å². The van der Waals surface area contributed by atoms with Gasteiger partial charge in [-0.1, -0.05) is 6.92 Å². The first kappa shape index (κ1) is 16.9. The number of hydrogen-bond donors (Lipinski definition) is 2. The van der Waals surface area contributed by atoms with Gasteiger partial charge in [-0.2, -0.15) is 0 Å². The van der Waals surface area contributed by atoms with Crippen molar-refractivity contribution in [2.45, 2.75) is 37.4 Å². The summed E-state index contributed by atoms with van der Waals surface area (Å²) in [6.07, 6.45) is 2.13. The van der Waals surface area contributed by atoms with Gasteiger partial charge < -0.3 is 10.6 Å². The molecule has 0 aliphatic carbocycles. The maximum atomic E-state index is 12.3. The minimum atomic E-state index is -3.39. The van der Waals surface area contributed by atoms with Gasteiger partial charge in [0, 0.05) is 18.0 Å². The normalized spacial score (nSPS) is 18.2. The molecule has 0 spiro atoms. The average molecular weight is 332 g/mol. The number of nitrogens with zero attached hydrogens (tertiary/aromatic N) is 1. The molecule has 1 aromatic heterocycles. The van der Waals surface area contributed by atoms with Crippen LogP contribution in [0.2, 0.25) is 0 Å². The van der Waals surface area contributed by atoms with Crippen LogP contribution in [0.1, 0.15) is 30.2 Å². The van der Waals surface area contributed by atoms with Gasteiger partial charge in [-0.3, -0.25) is 0 Å². The molecule has 1 aliphatic rings. The second-order valence-electron chi connectivity index (χ2n) is 5.61. The molecular weight excluding hydrogens is 306 g/mol. The van der Waals surface area contributed by atoms with E-state index in [4.69, 9.17) is 5.73 Å². The zero-order valence-corrected chi connectivity index (χ0v) is 14.4.